The van der Waals surface area contributed by atoms with Gasteiger partial charge in [0, 0.05) is 0 Å². The van der Waals surface area contributed by atoms with Gasteiger partial charge in [0.25, 0.3) is 5.89 Å². The summed E-state index contributed by atoms with van der Waals surface area (Å²) in [4.78, 5) is 25.0. The number of hydrogen-bond donors (Lipinski definition) is 2. The van der Waals surface area contributed by atoms with Crippen LogP contribution in [-0.4, -0.2) is 28.0 Å². The van der Waals surface area contributed by atoms with Gasteiger partial charge in [-0.05, 0) is 6.92 Å². The van der Waals surface area contributed by atoms with Crippen molar-refractivity contribution in [1.82, 2.24) is 10.3 Å². The highest BCUT2D eigenvalue weighted by molar-refractivity contribution is 5.97. The number of carboxylic acid groups (broad SMARTS) is 1. The molecule has 1 atom stereocenters. The quantitative estimate of drug-likeness (QED) is 0.668. The summed E-state index contributed by atoms with van der Waals surface area (Å²) in [5, 5.41) is 10.3. The van der Waals surface area contributed by atoms with Crippen LogP contribution < -0.4 is 5.32 Å². The monoisotopic (exact) mass is 184 g/mol. The van der Waals surface area contributed by atoms with Crippen LogP contribution >= 0.6 is 0 Å². The standard InChI is InChI=1S/C7H8N2O4/c1-4(9-7(11)12)5(10)6-8-2-3-13-6/h2-4,9H,1H3,(H,11,12)/t4-/m0/s1. The molecular weight excluding hydrogens is 176 g/mol. The minimum absolute atomic E-state index is 0.0961. The van der Waals surface area contributed by atoms with Gasteiger partial charge in [-0.15, -0.1) is 0 Å². The number of nitrogens with zero attached hydrogens (tertiary/aromatic N) is 1. The smallest absolute Gasteiger partial charge is 0.405 e. The molecule has 0 fully saturated rings. The first-order chi connectivity index (χ1) is 6.11. The number of aromatic nitrogens is 1. The number of carbonyl (C=O) groups excluding carboxylic acids is 1. The van der Waals surface area contributed by atoms with Gasteiger partial charge in [0.1, 0.15) is 6.26 Å². The molecule has 0 spiro atoms. The van der Waals surface area contributed by atoms with Crippen molar-refractivity contribution < 1.29 is 19.1 Å². The highest BCUT2D eigenvalue weighted by atomic mass is 16.4. The maximum atomic E-state index is 11.3. The zero-order valence-corrected chi connectivity index (χ0v) is 6.85. The zero-order valence-electron chi connectivity index (χ0n) is 6.85. The van der Waals surface area contributed by atoms with Crippen molar-refractivity contribution in [3.8, 4) is 0 Å². The number of Topliss-reactive ketones (excluding diaryl/α,β-unsaturated/α-hetero) is 1. The number of rotatable bonds is 3. The van der Waals surface area contributed by atoms with E-state index in [4.69, 9.17) is 9.52 Å². The number of hydrogen-bond acceptors (Lipinski definition) is 4. The van der Waals surface area contributed by atoms with Crippen molar-refractivity contribution in [2.24, 2.45) is 0 Å². The second-order valence-corrected chi connectivity index (χ2v) is 2.37. The molecule has 70 valence electrons. The van der Waals surface area contributed by atoms with Gasteiger partial charge < -0.3 is 14.8 Å². The van der Waals surface area contributed by atoms with Crippen LogP contribution in [0.3, 0.4) is 0 Å². The summed E-state index contributed by atoms with van der Waals surface area (Å²) in [5.74, 6) is -0.589. The van der Waals surface area contributed by atoms with Crippen LogP contribution in [0, 0.1) is 0 Å². The molecule has 1 heterocycles. The van der Waals surface area contributed by atoms with Crippen LogP contribution in [0.25, 0.3) is 0 Å². The Labute approximate surface area is 73.6 Å². The molecule has 2 N–H and O–H groups in total. The maximum absolute atomic E-state index is 11.3. The minimum Gasteiger partial charge on any atom is -0.465 e. The molecule has 1 aromatic heterocycles. The lowest BCUT2D eigenvalue weighted by Crippen LogP contribution is -2.37. The van der Waals surface area contributed by atoms with Gasteiger partial charge in [0.15, 0.2) is 0 Å². The van der Waals surface area contributed by atoms with Crippen LogP contribution in [0.4, 0.5) is 4.79 Å². The second-order valence-electron chi connectivity index (χ2n) is 2.37. The fourth-order valence-electron chi connectivity index (χ4n) is 0.781. The third-order valence-electron chi connectivity index (χ3n) is 1.38. The molecule has 6 heteroatoms. The first kappa shape index (κ1) is 9.24. The first-order valence-corrected chi connectivity index (χ1v) is 3.54. The lowest BCUT2D eigenvalue weighted by molar-refractivity contribution is 0.0911. The van der Waals surface area contributed by atoms with E-state index in [1.54, 1.807) is 0 Å². The summed E-state index contributed by atoms with van der Waals surface area (Å²) in [6, 6.07) is -0.851. The Morgan fingerprint density at radius 1 is 1.69 bits per heavy atom. The van der Waals surface area contributed by atoms with Gasteiger partial charge in [0.2, 0.25) is 5.78 Å². The lowest BCUT2D eigenvalue weighted by Gasteiger charge is -2.06. The Hall–Kier alpha value is -1.85. The van der Waals surface area contributed by atoms with Crippen LogP contribution in [0.15, 0.2) is 16.9 Å². The van der Waals surface area contributed by atoms with E-state index in [0.717, 1.165) is 0 Å². The van der Waals surface area contributed by atoms with E-state index >= 15 is 0 Å². The summed E-state index contributed by atoms with van der Waals surface area (Å²) in [6.07, 6.45) is 1.31. The van der Waals surface area contributed by atoms with Gasteiger partial charge in [-0.25, -0.2) is 9.78 Å². The van der Waals surface area contributed by atoms with E-state index in [9.17, 15) is 9.59 Å². The molecule has 0 aliphatic rings. The molecular formula is C7H8N2O4. The number of oxazole rings is 1. The van der Waals surface area contributed by atoms with Crippen molar-refractivity contribution in [1.29, 1.82) is 0 Å². The molecule has 0 saturated heterocycles. The van der Waals surface area contributed by atoms with Crippen LogP contribution in [0.5, 0.6) is 0 Å². The van der Waals surface area contributed by atoms with Crippen LogP contribution in [-0.2, 0) is 0 Å². The summed E-state index contributed by atoms with van der Waals surface area (Å²) < 4.78 is 4.70. The molecule has 0 bridgehead atoms. The largest absolute Gasteiger partial charge is 0.465 e. The normalized spacial score (nSPS) is 12.1. The molecule has 0 aliphatic carbocycles. The number of nitrogens with one attached hydrogen (secondary N) is 1. The van der Waals surface area contributed by atoms with E-state index in [-0.39, 0.29) is 5.89 Å². The van der Waals surface area contributed by atoms with Crippen molar-refractivity contribution >= 4 is 11.9 Å². The van der Waals surface area contributed by atoms with E-state index in [1.807, 2.05) is 5.32 Å². The molecule has 0 aliphatic heterocycles. The molecule has 1 aromatic rings. The topological polar surface area (TPSA) is 92.4 Å². The van der Waals surface area contributed by atoms with Gasteiger partial charge in [-0.1, -0.05) is 0 Å². The first-order valence-electron chi connectivity index (χ1n) is 3.54. The summed E-state index contributed by atoms with van der Waals surface area (Å²) in [6.45, 7) is 1.42. The van der Waals surface area contributed by atoms with Crippen molar-refractivity contribution in [3.63, 3.8) is 0 Å². The Balaban J connectivity index is 2.63. The summed E-state index contributed by atoms with van der Waals surface area (Å²) in [5.41, 5.74) is 0. The Kier molecular flexibility index (Phi) is 2.63. The third kappa shape index (κ3) is 2.29. The average molecular weight is 184 g/mol. The average Bonchev–Trinajstić information content (AvgIpc) is 2.53. The van der Waals surface area contributed by atoms with E-state index in [2.05, 4.69) is 4.98 Å². The zero-order chi connectivity index (χ0) is 9.84. The lowest BCUT2D eigenvalue weighted by atomic mass is 10.2. The van der Waals surface area contributed by atoms with Crippen molar-refractivity contribution in [2.75, 3.05) is 0 Å². The molecule has 1 amide bonds. The molecule has 0 radical (unpaired) electrons. The predicted octanol–water partition coefficient (Wildman–Crippen LogP) is 0.513. The predicted molar refractivity (Wildman–Crippen MR) is 41.5 cm³/mol. The van der Waals surface area contributed by atoms with E-state index < -0.39 is 17.9 Å². The van der Waals surface area contributed by atoms with Gasteiger partial charge in [-0.3, -0.25) is 4.79 Å². The Bertz CT molecular complexity index is 306. The van der Waals surface area contributed by atoms with Gasteiger partial charge >= 0.3 is 6.09 Å². The highest BCUT2D eigenvalue weighted by Gasteiger charge is 2.20. The third-order valence-corrected chi connectivity index (χ3v) is 1.38. The molecule has 0 aromatic carbocycles. The SMILES string of the molecule is C[C@H](NC(=O)O)C(=O)c1ncco1. The molecule has 0 unspecified atom stereocenters. The summed E-state index contributed by atoms with van der Waals surface area (Å²) in [7, 11) is 0. The Morgan fingerprint density at radius 2 is 2.38 bits per heavy atom. The van der Waals surface area contributed by atoms with E-state index in [1.165, 1.54) is 19.4 Å². The molecule has 13 heavy (non-hydrogen) atoms. The summed E-state index contributed by atoms with van der Waals surface area (Å²) >= 11 is 0. The van der Waals surface area contributed by atoms with Crippen LogP contribution in [0.1, 0.15) is 17.6 Å². The Morgan fingerprint density at radius 3 is 2.85 bits per heavy atom. The van der Waals surface area contributed by atoms with Crippen molar-refractivity contribution in [3.05, 3.63) is 18.4 Å². The fraction of sp³-hybridized carbons (Fsp3) is 0.286. The maximum Gasteiger partial charge on any atom is 0.405 e. The van der Waals surface area contributed by atoms with E-state index in [0.29, 0.717) is 0 Å². The number of carbonyl (C=O) groups is 2. The second kappa shape index (κ2) is 3.70. The van der Waals surface area contributed by atoms with Gasteiger partial charge in [-0.2, -0.15) is 0 Å². The van der Waals surface area contributed by atoms with Crippen molar-refractivity contribution in [2.45, 2.75) is 13.0 Å². The number of amides is 1. The highest BCUT2D eigenvalue weighted by Crippen LogP contribution is 1.99. The van der Waals surface area contributed by atoms with Gasteiger partial charge in [0.05, 0.1) is 12.2 Å². The molecule has 1 rings (SSSR count). The van der Waals surface area contributed by atoms with Crippen LogP contribution in [0.2, 0.25) is 0 Å². The fourth-order valence-corrected chi connectivity index (χ4v) is 0.781. The number of ketones is 1. The molecule has 0 saturated carbocycles. The minimum atomic E-state index is -1.26. The molecule has 6 nitrogen and oxygen atoms in total.